The van der Waals surface area contributed by atoms with Crippen LogP contribution in [0.25, 0.3) is 0 Å². The third kappa shape index (κ3) is 3.83. The molecule has 0 amide bonds. The highest BCUT2D eigenvalue weighted by atomic mass is 79.9. The van der Waals surface area contributed by atoms with Gasteiger partial charge in [0.1, 0.15) is 5.82 Å². The molecule has 3 nitrogen and oxygen atoms in total. The Morgan fingerprint density at radius 2 is 2.11 bits per heavy atom. The molecule has 0 atom stereocenters. The molecule has 94 valence electrons. The highest BCUT2D eigenvalue weighted by molar-refractivity contribution is 9.10. The van der Waals surface area contributed by atoms with Crippen LogP contribution in [0.15, 0.2) is 34.9 Å². The van der Waals surface area contributed by atoms with Gasteiger partial charge in [-0.25, -0.2) is 4.98 Å². The first kappa shape index (κ1) is 13.6. The van der Waals surface area contributed by atoms with Crippen molar-refractivity contribution in [1.82, 2.24) is 9.97 Å². The van der Waals surface area contributed by atoms with E-state index in [1.807, 2.05) is 24.3 Å². The maximum absolute atomic E-state index is 5.92. The summed E-state index contributed by atoms with van der Waals surface area (Å²) < 4.78 is 0.790. The molecule has 1 aromatic heterocycles. The second-order valence-electron chi connectivity index (χ2n) is 3.64. The molecular weight excluding hydrogens is 337 g/mol. The Hall–Kier alpha value is -0.840. The number of halogens is 3. The molecular formula is C12H10BrCl2N3. The summed E-state index contributed by atoms with van der Waals surface area (Å²) >= 11 is 15.0. The van der Waals surface area contributed by atoms with Crippen LogP contribution in [0.5, 0.6) is 0 Å². The van der Waals surface area contributed by atoms with Crippen LogP contribution in [-0.2, 0) is 6.42 Å². The molecule has 0 radical (unpaired) electrons. The molecule has 1 heterocycles. The Kier molecular flexibility index (Phi) is 4.80. The number of nitrogens with one attached hydrogen (secondary N) is 1. The number of hydrogen-bond acceptors (Lipinski definition) is 3. The maximum atomic E-state index is 5.92. The Morgan fingerprint density at radius 3 is 2.89 bits per heavy atom. The van der Waals surface area contributed by atoms with Crippen molar-refractivity contribution in [3.05, 3.63) is 50.8 Å². The Morgan fingerprint density at radius 1 is 1.28 bits per heavy atom. The molecule has 1 aromatic carbocycles. The predicted molar refractivity (Wildman–Crippen MR) is 78.4 cm³/mol. The van der Waals surface area contributed by atoms with E-state index < -0.39 is 0 Å². The summed E-state index contributed by atoms with van der Waals surface area (Å²) in [6.45, 7) is 0.742. The van der Waals surface area contributed by atoms with E-state index in [0.717, 1.165) is 22.5 Å². The van der Waals surface area contributed by atoms with E-state index in [0.29, 0.717) is 5.82 Å². The van der Waals surface area contributed by atoms with Gasteiger partial charge in [0.05, 0.1) is 4.47 Å². The predicted octanol–water partition coefficient (Wildman–Crippen LogP) is 4.20. The molecule has 18 heavy (non-hydrogen) atoms. The third-order valence-electron chi connectivity index (χ3n) is 2.31. The lowest BCUT2D eigenvalue weighted by atomic mass is 10.1. The molecule has 0 fully saturated rings. The average Bonchev–Trinajstić information content (AvgIpc) is 2.34. The topological polar surface area (TPSA) is 37.8 Å². The highest BCUT2D eigenvalue weighted by Gasteiger charge is 2.03. The van der Waals surface area contributed by atoms with Crippen LogP contribution in [0.2, 0.25) is 10.3 Å². The monoisotopic (exact) mass is 345 g/mol. The van der Waals surface area contributed by atoms with Crippen LogP contribution < -0.4 is 5.32 Å². The summed E-state index contributed by atoms with van der Waals surface area (Å²) in [6.07, 6.45) is 2.48. The molecule has 0 unspecified atom stereocenters. The first-order valence-corrected chi connectivity index (χ1v) is 6.86. The van der Waals surface area contributed by atoms with Gasteiger partial charge in [-0.15, -0.1) is 0 Å². The van der Waals surface area contributed by atoms with Gasteiger partial charge in [-0.3, -0.25) is 0 Å². The van der Waals surface area contributed by atoms with E-state index in [1.165, 1.54) is 5.56 Å². The van der Waals surface area contributed by atoms with Crippen LogP contribution in [0.1, 0.15) is 5.56 Å². The Balaban J connectivity index is 1.94. The van der Waals surface area contributed by atoms with Crippen molar-refractivity contribution in [3.63, 3.8) is 0 Å². The molecule has 0 aliphatic rings. The van der Waals surface area contributed by atoms with Crippen molar-refractivity contribution in [1.29, 1.82) is 0 Å². The highest BCUT2D eigenvalue weighted by Crippen LogP contribution is 2.20. The van der Waals surface area contributed by atoms with Crippen molar-refractivity contribution in [2.24, 2.45) is 0 Å². The van der Waals surface area contributed by atoms with E-state index in [1.54, 1.807) is 6.20 Å². The number of benzene rings is 1. The van der Waals surface area contributed by atoms with Gasteiger partial charge in [0.2, 0.25) is 5.28 Å². The van der Waals surface area contributed by atoms with Crippen molar-refractivity contribution in [2.75, 3.05) is 11.9 Å². The lowest BCUT2D eigenvalue weighted by Crippen LogP contribution is -2.07. The van der Waals surface area contributed by atoms with Gasteiger partial charge in [-0.2, -0.15) is 4.98 Å². The lowest BCUT2D eigenvalue weighted by molar-refractivity contribution is 0.996. The molecule has 2 aromatic rings. The fraction of sp³-hybridized carbons (Fsp3) is 0.167. The SMILES string of the molecule is Clc1cccc(CCNc2nc(Cl)ncc2Br)c1. The Labute approximate surface area is 124 Å². The van der Waals surface area contributed by atoms with Gasteiger partial charge in [0.15, 0.2) is 0 Å². The van der Waals surface area contributed by atoms with Crippen molar-refractivity contribution in [2.45, 2.75) is 6.42 Å². The number of anilines is 1. The summed E-state index contributed by atoms with van der Waals surface area (Å²) in [5.74, 6) is 0.692. The Bertz CT molecular complexity index is 549. The zero-order valence-corrected chi connectivity index (χ0v) is 12.4. The number of hydrogen-bond donors (Lipinski definition) is 1. The van der Waals surface area contributed by atoms with Gasteiger partial charge in [0, 0.05) is 17.8 Å². The summed E-state index contributed by atoms with van der Waals surface area (Å²) in [4.78, 5) is 7.96. The minimum Gasteiger partial charge on any atom is -0.369 e. The quantitative estimate of drug-likeness (QED) is 0.843. The second kappa shape index (κ2) is 6.36. The van der Waals surface area contributed by atoms with Crippen LogP contribution >= 0.6 is 39.1 Å². The first-order valence-electron chi connectivity index (χ1n) is 5.31. The van der Waals surface area contributed by atoms with Gasteiger partial charge < -0.3 is 5.32 Å². The maximum Gasteiger partial charge on any atom is 0.224 e. The minimum absolute atomic E-state index is 0.225. The smallest absolute Gasteiger partial charge is 0.224 e. The van der Waals surface area contributed by atoms with E-state index in [2.05, 4.69) is 31.2 Å². The molecule has 2 rings (SSSR count). The normalized spacial score (nSPS) is 10.4. The number of rotatable bonds is 4. The lowest BCUT2D eigenvalue weighted by Gasteiger charge is -2.07. The number of nitrogens with zero attached hydrogens (tertiary/aromatic N) is 2. The fourth-order valence-corrected chi connectivity index (χ4v) is 2.16. The van der Waals surface area contributed by atoms with Gasteiger partial charge in [-0.1, -0.05) is 23.7 Å². The van der Waals surface area contributed by atoms with Crippen LogP contribution in [-0.4, -0.2) is 16.5 Å². The van der Waals surface area contributed by atoms with Crippen LogP contribution in [0.3, 0.4) is 0 Å². The van der Waals surface area contributed by atoms with Crippen molar-refractivity contribution >= 4 is 44.9 Å². The second-order valence-corrected chi connectivity index (χ2v) is 5.27. The van der Waals surface area contributed by atoms with E-state index >= 15 is 0 Å². The summed E-state index contributed by atoms with van der Waals surface area (Å²) in [7, 11) is 0. The first-order chi connectivity index (χ1) is 8.65. The molecule has 6 heteroatoms. The van der Waals surface area contributed by atoms with Crippen LogP contribution in [0.4, 0.5) is 5.82 Å². The standard InChI is InChI=1S/C12H10BrCl2N3/c13-10-7-17-12(15)18-11(10)16-5-4-8-2-1-3-9(14)6-8/h1-3,6-7H,4-5H2,(H,16,17,18). The molecule has 0 saturated heterocycles. The fourth-order valence-electron chi connectivity index (χ4n) is 1.49. The average molecular weight is 347 g/mol. The van der Waals surface area contributed by atoms with E-state index in [4.69, 9.17) is 23.2 Å². The van der Waals surface area contributed by atoms with Gasteiger partial charge in [0.25, 0.3) is 0 Å². The molecule has 0 bridgehead atoms. The summed E-state index contributed by atoms with van der Waals surface area (Å²) in [5, 5.41) is 4.17. The van der Waals surface area contributed by atoms with Crippen LogP contribution in [0, 0.1) is 0 Å². The van der Waals surface area contributed by atoms with E-state index in [9.17, 15) is 0 Å². The molecule has 1 N–H and O–H groups in total. The van der Waals surface area contributed by atoms with Gasteiger partial charge >= 0.3 is 0 Å². The zero-order valence-electron chi connectivity index (χ0n) is 9.33. The van der Waals surface area contributed by atoms with Gasteiger partial charge in [-0.05, 0) is 51.6 Å². The molecule has 0 saturated carbocycles. The largest absolute Gasteiger partial charge is 0.369 e. The van der Waals surface area contributed by atoms with Crippen molar-refractivity contribution in [3.8, 4) is 0 Å². The minimum atomic E-state index is 0.225. The van der Waals surface area contributed by atoms with Crippen molar-refractivity contribution < 1.29 is 0 Å². The third-order valence-corrected chi connectivity index (χ3v) is 3.31. The molecule has 0 aliphatic carbocycles. The zero-order chi connectivity index (χ0) is 13.0. The summed E-state index contributed by atoms with van der Waals surface area (Å²) in [5.41, 5.74) is 1.17. The number of aromatic nitrogens is 2. The molecule has 0 spiro atoms. The molecule has 0 aliphatic heterocycles. The van der Waals surface area contributed by atoms with E-state index in [-0.39, 0.29) is 5.28 Å². The summed E-state index contributed by atoms with van der Waals surface area (Å²) in [6, 6.07) is 7.79.